The van der Waals surface area contributed by atoms with Gasteiger partial charge in [-0.3, -0.25) is 0 Å². The normalized spacial score (nSPS) is 25.8. The van der Waals surface area contributed by atoms with Crippen molar-refractivity contribution >= 4 is 0 Å². The summed E-state index contributed by atoms with van der Waals surface area (Å²) in [4.78, 5) is 0. The second kappa shape index (κ2) is 7.14. The number of rotatable bonds is 6. The molecule has 0 unspecified atom stereocenters. The van der Waals surface area contributed by atoms with E-state index >= 15 is 0 Å². The second-order valence-corrected chi connectivity index (χ2v) is 5.84. The SMILES string of the molecule is CCCCC1(CC)COC(c2ccc(O)c(OC)c2)OC1. The zero-order valence-electron chi connectivity index (χ0n) is 13.2. The Labute approximate surface area is 127 Å². The molecule has 0 atom stereocenters. The maximum absolute atomic E-state index is 9.64. The molecular weight excluding hydrogens is 268 g/mol. The summed E-state index contributed by atoms with van der Waals surface area (Å²) >= 11 is 0. The molecule has 1 heterocycles. The van der Waals surface area contributed by atoms with Crippen LogP contribution < -0.4 is 4.74 Å². The van der Waals surface area contributed by atoms with Gasteiger partial charge in [0.25, 0.3) is 0 Å². The van der Waals surface area contributed by atoms with Crippen LogP contribution in [-0.4, -0.2) is 25.4 Å². The predicted octanol–water partition coefficient (Wildman–Crippen LogP) is 4.03. The highest BCUT2D eigenvalue weighted by Crippen LogP contribution is 2.39. The monoisotopic (exact) mass is 294 g/mol. The van der Waals surface area contributed by atoms with Crippen LogP contribution in [0.15, 0.2) is 18.2 Å². The third kappa shape index (κ3) is 3.69. The van der Waals surface area contributed by atoms with Gasteiger partial charge in [0.1, 0.15) is 0 Å². The number of phenols is 1. The maximum Gasteiger partial charge on any atom is 0.183 e. The summed E-state index contributed by atoms with van der Waals surface area (Å²) in [5.41, 5.74) is 1.03. The molecule has 2 rings (SSSR count). The third-order valence-corrected chi connectivity index (χ3v) is 4.37. The first-order chi connectivity index (χ1) is 10.1. The first-order valence-corrected chi connectivity index (χ1v) is 7.74. The van der Waals surface area contributed by atoms with Crippen LogP contribution in [0.1, 0.15) is 51.4 Å². The highest BCUT2D eigenvalue weighted by molar-refractivity contribution is 5.42. The lowest BCUT2D eigenvalue weighted by Crippen LogP contribution is -2.38. The van der Waals surface area contributed by atoms with Crippen LogP contribution in [-0.2, 0) is 9.47 Å². The van der Waals surface area contributed by atoms with Crippen molar-refractivity contribution in [3.05, 3.63) is 23.8 Å². The highest BCUT2D eigenvalue weighted by Gasteiger charge is 2.35. The minimum absolute atomic E-state index is 0.128. The number of methoxy groups -OCH3 is 1. The molecule has 1 aliphatic heterocycles. The minimum Gasteiger partial charge on any atom is -0.504 e. The predicted molar refractivity (Wildman–Crippen MR) is 81.6 cm³/mol. The fourth-order valence-corrected chi connectivity index (χ4v) is 2.70. The van der Waals surface area contributed by atoms with Crippen LogP contribution in [0, 0.1) is 5.41 Å². The summed E-state index contributed by atoms with van der Waals surface area (Å²) < 4.78 is 17.0. The molecule has 0 bridgehead atoms. The Hall–Kier alpha value is -1.26. The zero-order valence-corrected chi connectivity index (χ0v) is 13.2. The number of hydrogen-bond donors (Lipinski definition) is 1. The first kappa shape index (κ1) is 16.1. The molecule has 0 spiro atoms. The molecule has 0 radical (unpaired) electrons. The lowest BCUT2D eigenvalue weighted by Gasteiger charge is -2.39. The van der Waals surface area contributed by atoms with E-state index < -0.39 is 0 Å². The largest absolute Gasteiger partial charge is 0.504 e. The van der Waals surface area contributed by atoms with Gasteiger partial charge in [0.05, 0.1) is 20.3 Å². The molecule has 1 aliphatic rings. The lowest BCUT2D eigenvalue weighted by atomic mass is 9.81. The molecule has 21 heavy (non-hydrogen) atoms. The number of benzene rings is 1. The average Bonchev–Trinajstić information content (AvgIpc) is 2.54. The van der Waals surface area contributed by atoms with E-state index in [1.165, 1.54) is 20.0 Å². The Kier molecular flexibility index (Phi) is 5.48. The Balaban J connectivity index is 2.03. The smallest absolute Gasteiger partial charge is 0.183 e. The van der Waals surface area contributed by atoms with Gasteiger partial charge in [-0.15, -0.1) is 0 Å². The molecule has 0 saturated carbocycles. The molecular formula is C17H26O4. The van der Waals surface area contributed by atoms with Gasteiger partial charge < -0.3 is 19.3 Å². The van der Waals surface area contributed by atoms with Crippen molar-refractivity contribution in [2.24, 2.45) is 5.41 Å². The van der Waals surface area contributed by atoms with Gasteiger partial charge >= 0.3 is 0 Å². The molecule has 0 amide bonds. The van der Waals surface area contributed by atoms with Crippen LogP contribution in [0.4, 0.5) is 0 Å². The van der Waals surface area contributed by atoms with E-state index in [4.69, 9.17) is 14.2 Å². The Morgan fingerprint density at radius 1 is 1.29 bits per heavy atom. The second-order valence-electron chi connectivity index (χ2n) is 5.84. The van der Waals surface area contributed by atoms with Gasteiger partial charge in [-0.05, 0) is 25.0 Å². The van der Waals surface area contributed by atoms with E-state index in [1.54, 1.807) is 12.1 Å². The Morgan fingerprint density at radius 2 is 2.00 bits per heavy atom. The summed E-state index contributed by atoms with van der Waals surface area (Å²) in [6, 6.07) is 5.19. The lowest BCUT2D eigenvalue weighted by molar-refractivity contribution is -0.236. The quantitative estimate of drug-likeness (QED) is 0.860. The molecule has 1 aromatic carbocycles. The summed E-state index contributed by atoms with van der Waals surface area (Å²) in [7, 11) is 1.54. The van der Waals surface area contributed by atoms with Crippen molar-refractivity contribution in [3.8, 4) is 11.5 Å². The number of ether oxygens (including phenoxy) is 3. The summed E-state index contributed by atoms with van der Waals surface area (Å²) in [6.45, 7) is 5.85. The fraction of sp³-hybridized carbons (Fsp3) is 0.647. The number of unbranched alkanes of at least 4 members (excludes halogenated alkanes) is 1. The van der Waals surface area contributed by atoms with Gasteiger partial charge in [-0.1, -0.05) is 32.8 Å². The van der Waals surface area contributed by atoms with Gasteiger partial charge in [0.15, 0.2) is 17.8 Å². The molecule has 4 nitrogen and oxygen atoms in total. The van der Waals surface area contributed by atoms with Crippen molar-refractivity contribution in [2.45, 2.75) is 45.8 Å². The minimum atomic E-state index is -0.374. The van der Waals surface area contributed by atoms with Gasteiger partial charge in [0, 0.05) is 11.0 Å². The number of hydrogen-bond acceptors (Lipinski definition) is 4. The van der Waals surface area contributed by atoms with E-state index in [-0.39, 0.29) is 17.5 Å². The van der Waals surface area contributed by atoms with Gasteiger partial charge in [-0.2, -0.15) is 0 Å². The summed E-state index contributed by atoms with van der Waals surface area (Å²) in [6.07, 6.45) is 4.24. The average molecular weight is 294 g/mol. The van der Waals surface area contributed by atoms with Crippen LogP contribution in [0.3, 0.4) is 0 Å². The molecule has 4 heteroatoms. The maximum atomic E-state index is 9.64. The molecule has 1 aromatic rings. The molecule has 0 aromatic heterocycles. The standard InChI is InChI=1S/C17H26O4/c1-4-6-9-17(5-2)11-20-16(21-12-17)13-7-8-14(18)15(10-13)19-3/h7-8,10,16,18H,4-6,9,11-12H2,1-3H3. The van der Waals surface area contributed by atoms with Crippen LogP contribution in [0.5, 0.6) is 11.5 Å². The van der Waals surface area contributed by atoms with E-state index in [0.717, 1.165) is 31.6 Å². The van der Waals surface area contributed by atoms with Crippen molar-refractivity contribution < 1.29 is 19.3 Å². The molecule has 1 fully saturated rings. The topological polar surface area (TPSA) is 47.9 Å². The van der Waals surface area contributed by atoms with Crippen molar-refractivity contribution in [2.75, 3.05) is 20.3 Å². The first-order valence-electron chi connectivity index (χ1n) is 7.74. The summed E-state index contributed by atoms with van der Waals surface area (Å²) in [5.74, 6) is 0.570. The molecule has 118 valence electrons. The van der Waals surface area contributed by atoms with Crippen LogP contribution >= 0.6 is 0 Å². The number of phenolic OH excluding ortho intramolecular Hbond substituents is 1. The van der Waals surface area contributed by atoms with E-state index in [0.29, 0.717) is 5.75 Å². The van der Waals surface area contributed by atoms with Crippen LogP contribution in [0.25, 0.3) is 0 Å². The van der Waals surface area contributed by atoms with Gasteiger partial charge in [-0.25, -0.2) is 0 Å². The molecule has 1 saturated heterocycles. The Bertz CT molecular complexity index is 450. The van der Waals surface area contributed by atoms with E-state index in [1.807, 2.05) is 6.07 Å². The van der Waals surface area contributed by atoms with E-state index in [9.17, 15) is 5.11 Å². The highest BCUT2D eigenvalue weighted by atomic mass is 16.7. The van der Waals surface area contributed by atoms with Crippen molar-refractivity contribution in [1.29, 1.82) is 0 Å². The van der Waals surface area contributed by atoms with Crippen molar-refractivity contribution in [1.82, 2.24) is 0 Å². The summed E-state index contributed by atoms with van der Waals surface area (Å²) in [5, 5.41) is 9.64. The van der Waals surface area contributed by atoms with E-state index in [2.05, 4.69) is 13.8 Å². The Morgan fingerprint density at radius 3 is 2.57 bits per heavy atom. The fourth-order valence-electron chi connectivity index (χ4n) is 2.70. The van der Waals surface area contributed by atoms with Crippen LogP contribution in [0.2, 0.25) is 0 Å². The third-order valence-electron chi connectivity index (χ3n) is 4.37. The molecule has 0 aliphatic carbocycles. The zero-order chi connectivity index (χ0) is 15.3. The van der Waals surface area contributed by atoms with Crippen molar-refractivity contribution in [3.63, 3.8) is 0 Å². The number of aromatic hydroxyl groups is 1. The molecule has 1 N–H and O–H groups in total. The van der Waals surface area contributed by atoms with Gasteiger partial charge in [0.2, 0.25) is 0 Å².